The topological polar surface area (TPSA) is 101 Å². The Hall–Kier alpha value is -3.00. The van der Waals surface area contributed by atoms with E-state index in [9.17, 15) is 9.59 Å². The summed E-state index contributed by atoms with van der Waals surface area (Å²) in [6.07, 6.45) is 2.47. The number of hydrogen-bond donors (Lipinski definition) is 2. The van der Waals surface area contributed by atoms with Crippen LogP contribution in [0.2, 0.25) is 0 Å². The van der Waals surface area contributed by atoms with E-state index in [1.54, 1.807) is 16.8 Å². The summed E-state index contributed by atoms with van der Waals surface area (Å²) in [6, 6.07) is 5.12. The van der Waals surface area contributed by atoms with Crippen LogP contribution in [0.1, 0.15) is 36.2 Å². The van der Waals surface area contributed by atoms with Gasteiger partial charge in [-0.3, -0.25) is 19.4 Å². The number of nitrogens with zero attached hydrogens (tertiary/aromatic N) is 3. The van der Waals surface area contributed by atoms with Gasteiger partial charge in [0.05, 0.1) is 17.1 Å². The molecule has 28 heavy (non-hydrogen) atoms. The fourth-order valence-corrected chi connectivity index (χ4v) is 3.11. The number of aryl methyl sites for hydroxylation is 2. The summed E-state index contributed by atoms with van der Waals surface area (Å²) in [4.78, 5) is 30.0. The number of pyridine rings is 2. The second kappa shape index (κ2) is 7.93. The average Bonchev–Trinajstić information content (AvgIpc) is 2.66. The normalized spacial score (nSPS) is 11.5. The summed E-state index contributed by atoms with van der Waals surface area (Å²) >= 11 is 0. The number of nitrogens with one attached hydrogen (secondary N) is 2. The van der Waals surface area contributed by atoms with Gasteiger partial charge in [-0.15, -0.1) is 0 Å². The predicted octanol–water partition coefficient (Wildman–Crippen LogP) is 1.61. The number of ether oxygens (including phenoxy) is 1. The van der Waals surface area contributed by atoms with Gasteiger partial charge in [-0.2, -0.15) is 0 Å². The van der Waals surface area contributed by atoms with E-state index in [4.69, 9.17) is 10.1 Å². The highest BCUT2D eigenvalue weighted by molar-refractivity contribution is 5.96. The lowest BCUT2D eigenvalue weighted by atomic mass is 10.2. The lowest BCUT2D eigenvalue weighted by molar-refractivity contribution is 0.0748. The first-order valence-electron chi connectivity index (χ1n) is 9.28. The molecule has 0 aliphatic carbocycles. The molecule has 8 nitrogen and oxygen atoms in total. The number of aromatic nitrogens is 3. The summed E-state index contributed by atoms with van der Waals surface area (Å²) in [5.41, 5.74) is 1.74. The molecule has 3 heterocycles. The SMILES string of the molecule is CNC(=O)c1cc2c(=O)n3cc(C)ccc3nc2n(CCCOC(C)C)c1=N. The fourth-order valence-electron chi connectivity index (χ4n) is 3.11. The molecule has 0 atom stereocenters. The Balaban J connectivity index is 2.25. The zero-order valence-electron chi connectivity index (χ0n) is 16.6. The highest BCUT2D eigenvalue weighted by Crippen LogP contribution is 2.12. The van der Waals surface area contributed by atoms with Crippen LogP contribution in [0.3, 0.4) is 0 Å². The van der Waals surface area contributed by atoms with Gasteiger partial charge in [0.2, 0.25) is 0 Å². The van der Waals surface area contributed by atoms with Gasteiger partial charge in [-0.25, -0.2) is 4.98 Å². The van der Waals surface area contributed by atoms with Gasteiger partial charge in [0.25, 0.3) is 11.5 Å². The quantitative estimate of drug-likeness (QED) is 0.499. The van der Waals surface area contributed by atoms with Crippen molar-refractivity contribution in [3.05, 3.63) is 51.4 Å². The summed E-state index contributed by atoms with van der Waals surface area (Å²) in [5, 5.41) is 11.4. The highest BCUT2D eigenvalue weighted by atomic mass is 16.5. The number of rotatable bonds is 6. The van der Waals surface area contributed by atoms with Crippen LogP contribution in [0.5, 0.6) is 0 Å². The largest absolute Gasteiger partial charge is 0.379 e. The summed E-state index contributed by atoms with van der Waals surface area (Å²) < 4.78 is 8.67. The van der Waals surface area contributed by atoms with Gasteiger partial charge in [0.15, 0.2) is 0 Å². The fraction of sp³-hybridized carbons (Fsp3) is 0.400. The minimum atomic E-state index is -0.409. The van der Waals surface area contributed by atoms with E-state index in [1.807, 2.05) is 26.8 Å². The second-order valence-electron chi connectivity index (χ2n) is 7.00. The van der Waals surface area contributed by atoms with Gasteiger partial charge < -0.3 is 14.6 Å². The van der Waals surface area contributed by atoms with E-state index in [0.29, 0.717) is 36.3 Å². The molecule has 0 radical (unpaired) electrons. The molecule has 8 heteroatoms. The molecule has 0 fully saturated rings. The lowest BCUT2D eigenvalue weighted by Crippen LogP contribution is -2.34. The summed E-state index contributed by atoms with van der Waals surface area (Å²) in [7, 11) is 1.50. The molecule has 0 aromatic carbocycles. The molecule has 0 unspecified atom stereocenters. The van der Waals surface area contributed by atoms with Crippen LogP contribution in [-0.2, 0) is 11.3 Å². The van der Waals surface area contributed by atoms with Gasteiger partial charge >= 0.3 is 0 Å². The highest BCUT2D eigenvalue weighted by Gasteiger charge is 2.16. The lowest BCUT2D eigenvalue weighted by Gasteiger charge is -2.15. The molecule has 0 aliphatic heterocycles. The molecule has 0 saturated carbocycles. The standard InChI is InChI=1S/C20H25N5O3/c1-12(2)28-9-5-8-24-17(21)14(19(26)22-4)10-15-18(24)23-16-7-6-13(3)11-25(16)20(15)27/h6-7,10-12,21H,5,8-9H2,1-4H3,(H,22,26). The second-order valence-corrected chi connectivity index (χ2v) is 7.00. The maximum Gasteiger partial charge on any atom is 0.267 e. The summed E-state index contributed by atoms with van der Waals surface area (Å²) in [5.74, 6) is -0.409. The Labute approximate surface area is 162 Å². The molecule has 3 aromatic heterocycles. The number of hydrogen-bond acceptors (Lipinski definition) is 5. The minimum absolute atomic E-state index is 0.0276. The summed E-state index contributed by atoms with van der Waals surface area (Å²) in [6.45, 7) is 6.75. The van der Waals surface area contributed by atoms with Crippen molar-refractivity contribution in [2.24, 2.45) is 0 Å². The van der Waals surface area contributed by atoms with Crippen molar-refractivity contribution in [3.8, 4) is 0 Å². The van der Waals surface area contributed by atoms with Crippen molar-refractivity contribution in [1.82, 2.24) is 19.3 Å². The Kier molecular flexibility index (Phi) is 5.60. The zero-order valence-corrected chi connectivity index (χ0v) is 16.6. The van der Waals surface area contributed by atoms with Gasteiger partial charge in [-0.1, -0.05) is 6.07 Å². The number of carbonyl (C=O) groups is 1. The third-order valence-corrected chi connectivity index (χ3v) is 4.50. The van der Waals surface area contributed by atoms with Crippen LogP contribution >= 0.6 is 0 Å². The van der Waals surface area contributed by atoms with E-state index < -0.39 is 5.91 Å². The predicted molar refractivity (Wildman–Crippen MR) is 107 cm³/mol. The Bertz CT molecular complexity index is 1160. The molecule has 3 rings (SSSR count). The van der Waals surface area contributed by atoms with E-state index in [-0.39, 0.29) is 22.7 Å². The van der Waals surface area contributed by atoms with Crippen molar-refractivity contribution < 1.29 is 9.53 Å². The first kappa shape index (κ1) is 19.8. The maximum absolute atomic E-state index is 13.1. The smallest absolute Gasteiger partial charge is 0.267 e. The molecule has 2 N–H and O–H groups in total. The van der Waals surface area contributed by atoms with E-state index in [2.05, 4.69) is 10.3 Å². The molecular formula is C20H25N5O3. The molecule has 148 valence electrons. The number of carbonyl (C=O) groups excluding carboxylic acids is 1. The van der Waals surface area contributed by atoms with Crippen LogP contribution in [0, 0.1) is 12.3 Å². The third-order valence-electron chi connectivity index (χ3n) is 4.50. The monoisotopic (exact) mass is 383 g/mol. The van der Waals surface area contributed by atoms with E-state index in [1.165, 1.54) is 17.5 Å². The molecule has 0 aliphatic rings. The van der Waals surface area contributed by atoms with E-state index in [0.717, 1.165) is 5.56 Å². The van der Waals surface area contributed by atoms with Crippen LogP contribution in [0.4, 0.5) is 0 Å². The van der Waals surface area contributed by atoms with Crippen LogP contribution in [0.25, 0.3) is 16.7 Å². The number of fused-ring (bicyclic) bond motifs is 2. The van der Waals surface area contributed by atoms with Crippen molar-refractivity contribution in [2.45, 2.75) is 39.8 Å². The molecular weight excluding hydrogens is 358 g/mol. The zero-order chi connectivity index (χ0) is 20.4. The molecule has 1 amide bonds. The van der Waals surface area contributed by atoms with Gasteiger partial charge in [0, 0.05) is 26.4 Å². The Morgan fingerprint density at radius 1 is 1.36 bits per heavy atom. The third kappa shape index (κ3) is 3.68. The van der Waals surface area contributed by atoms with Crippen LogP contribution in [-0.4, -0.2) is 39.6 Å². The van der Waals surface area contributed by atoms with Gasteiger partial charge in [0.1, 0.15) is 16.8 Å². The van der Waals surface area contributed by atoms with Crippen LogP contribution < -0.4 is 16.4 Å². The van der Waals surface area contributed by atoms with Crippen molar-refractivity contribution >= 4 is 22.6 Å². The average molecular weight is 383 g/mol. The molecule has 0 bridgehead atoms. The van der Waals surface area contributed by atoms with Crippen LogP contribution in [0.15, 0.2) is 29.2 Å². The molecule has 0 spiro atoms. The molecule has 3 aromatic rings. The maximum atomic E-state index is 13.1. The first-order chi connectivity index (χ1) is 13.3. The Morgan fingerprint density at radius 2 is 2.11 bits per heavy atom. The minimum Gasteiger partial charge on any atom is -0.379 e. The first-order valence-corrected chi connectivity index (χ1v) is 9.28. The number of amides is 1. The van der Waals surface area contributed by atoms with E-state index >= 15 is 0 Å². The van der Waals surface area contributed by atoms with Gasteiger partial charge in [-0.05, 0) is 44.9 Å². The van der Waals surface area contributed by atoms with Crippen molar-refractivity contribution in [1.29, 1.82) is 5.41 Å². The Morgan fingerprint density at radius 3 is 2.79 bits per heavy atom. The molecule has 0 saturated heterocycles. The van der Waals surface area contributed by atoms with Crippen molar-refractivity contribution in [3.63, 3.8) is 0 Å². The van der Waals surface area contributed by atoms with Crippen molar-refractivity contribution in [2.75, 3.05) is 13.7 Å².